The van der Waals surface area contributed by atoms with Crippen LogP contribution in [0.2, 0.25) is 0 Å². The van der Waals surface area contributed by atoms with Crippen LogP contribution in [0.3, 0.4) is 0 Å². The predicted octanol–water partition coefficient (Wildman–Crippen LogP) is 3.01. The number of carbonyl (C=O) groups excluding carboxylic acids is 1. The first kappa shape index (κ1) is 11.2. The van der Waals surface area contributed by atoms with Crippen molar-refractivity contribution in [2.24, 2.45) is 0 Å². The van der Waals surface area contributed by atoms with Crippen molar-refractivity contribution in [2.45, 2.75) is 6.92 Å². The van der Waals surface area contributed by atoms with Gasteiger partial charge in [0.05, 0.1) is 0 Å². The molecule has 0 spiro atoms. The van der Waals surface area contributed by atoms with E-state index in [1.165, 1.54) is 0 Å². The van der Waals surface area contributed by atoms with Crippen LogP contribution in [0.4, 0.5) is 0 Å². The van der Waals surface area contributed by atoms with Crippen LogP contribution in [0.5, 0.6) is 5.75 Å². The Morgan fingerprint density at radius 3 is 2.60 bits per heavy atom. The van der Waals surface area contributed by atoms with Gasteiger partial charge in [0.2, 0.25) is 0 Å². The fraction of sp³-hybridized carbons (Fsp3) is 0.154. The molecule has 0 aliphatic carbocycles. The van der Waals surface area contributed by atoms with Gasteiger partial charge in [-0.1, -0.05) is 18.7 Å². The third kappa shape index (κ3) is 3.81. The van der Waals surface area contributed by atoms with Crippen LogP contribution >= 0.6 is 0 Å². The highest BCUT2D eigenvalue weighted by Crippen LogP contribution is 2.11. The van der Waals surface area contributed by atoms with Crippen LogP contribution in [-0.4, -0.2) is 12.9 Å². The van der Waals surface area contributed by atoms with E-state index in [-0.39, 0.29) is 0 Å². The number of rotatable bonds is 5. The number of aldehydes is 1. The molecular formula is C13H14O2. The van der Waals surface area contributed by atoms with E-state index in [2.05, 4.69) is 6.58 Å². The van der Waals surface area contributed by atoms with Crippen molar-refractivity contribution < 1.29 is 9.53 Å². The van der Waals surface area contributed by atoms with E-state index in [0.717, 1.165) is 17.6 Å². The predicted molar refractivity (Wildman–Crippen MR) is 61.3 cm³/mol. The average molecular weight is 202 g/mol. The van der Waals surface area contributed by atoms with Gasteiger partial charge in [0.25, 0.3) is 0 Å². The molecule has 78 valence electrons. The van der Waals surface area contributed by atoms with Gasteiger partial charge in [-0.2, -0.15) is 0 Å². The summed E-state index contributed by atoms with van der Waals surface area (Å²) in [5.41, 5.74) is 1.75. The van der Waals surface area contributed by atoms with E-state index in [1.54, 1.807) is 30.3 Å². The number of carbonyl (C=O) groups is 1. The SMILES string of the molecule is C=CC=C(C)COc1ccc(C=O)cc1. The molecule has 0 heterocycles. The second kappa shape index (κ2) is 5.81. The molecule has 0 saturated carbocycles. The van der Waals surface area contributed by atoms with E-state index in [4.69, 9.17) is 4.74 Å². The lowest BCUT2D eigenvalue weighted by molar-refractivity contribution is 0.112. The number of benzene rings is 1. The molecule has 15 heavy (non-hydrogen) atoms. The molecule has 0 fully saturated rings. The molecule has 0 unspecified atom stereocenters. The van der Waals surface area contributed by atoms with Crippen molar-refractivity contribution in [1.29, 1.82) is 0 Å². The molecule has 2 heteroatoms. The van der Waals surface area contributed by atoms with Crippen LogP contribution in [0.1, 0.15) is 17.3 Å². The lowest BCUT2D eigenvalue weighted by Gasteiger charge is -2.05. The molecule has 0 aliphatic rings. The third-order valence-electron chi connectivity index (χ3n) is 1.89. The first-order chi connectivity index (χ1) is 7.26. The first-order valence-electron chi connectivity index (χ1n) is 4.72. The summed E-state index contributed by atoms with van der Waals surface area (Å²) in [6.45, 7) is 6.12. The smallest absolute Gasteiger partial charge is 0.150 e. The summed E-state index contributed by atoms with van der Waals surface area (Å²) in [6.07, 6.45) is 4.45. The summed E-state index contributed by atoms with van der Waals surface area (Å²) in [7, 11) is 0. The van der Waals surface area contributed by atoms with Gasteiger partial charge in [-0.25, -0.2) is 0 Å². The molecule has 1 rings (SSSR count). The average Bonchev–Trinajstić information content (AvgIpc) is 2.27. The molecule has 2 nitrogen and oxygen atoms in total. The van der Waals surface area contributed by atoms with Gasteiger partial charge in [-0.15, -0.1) is 0 Å². The van der Waals surface area contributed by atoms with E-state index in [1.807, 2.05) is 13.0 Å². The Kier molecular flexibility index (Phi) is 4.35. The number of hydrogen-bond donors (Lipinski definition) is 0. The van der Waals surface area contributed by atoms with Gasteiger partial charge in [-0.05, 0) is 36.8 Å². The second-order valence-corrected chi connectivity index (χ2v) is 3.22. The highest BCUT2D eigenvalue weighted by atomic mass is 16.5. The van der Waals surface area contributed by atoms with Crippen LogP contribution in [0.15, 0.2) is 48.6 Å². The normalized spacial score (nSPS) is 10.9. The molecular weight excluding hydrogens is 188 g/mol. The zero-order valence-corrected chi connectivity index (χ0v) is 8.77. The Bertz CT molecular complexity index is 361. The maximum Gasteiger partial charge on any atom is 0.150 e. The minimum Gasteiger partial charge on any atom is -0.489 e. The Balaban J connectivity index is 2.54. The van der Waals surface area contributed by atoms with Crippen LogP contribution in [-0.2, 0) is 0 Å². The van der Waals surface area contributed by atoms with Crippen LogP contribution in [0.25, 0.3) is 0 Å². The van der Waals surface area contributed by atoms with Gasteiger partial charge in [0.1, 0.15) is 18.6 Å². The highest BCUT2D eigenvalue weighted by Gasteiger charge is 1.94. The van der Waals surface area contributed by atoms with Crippen molar-refractivity contribution >= 4 is 6.29 Å². The molecule has 1 aromatic carbocycles. The molecule has 0 bridgehead atoms. The molecule has 0 aliphatic heterocycles. The third-order valence-corrected chi connectivity index (χ3v) is 1.89. The Hall–Kier alpha value is -1.83. The number of hydrogen-bond acceptors (Lipinski definition) is 2. The van der Waals surface area contributed by atoms with Crippen LogP contribution < -0.4 is 4.74 Å². The zero-order valence-electron chi connectivity index (χ0n) is 8.77. The summed E-state index contributed by atoms with van der Waals surface area (Å²) >= 11 is 0. The van der Waals surface area contributed by atoms with E-state index >= 15 is 0 Å². The molecule has 1 aromatic rings. The number of allylic oxidation sites excluding steroid dienone is 2. The highest BCUT2D eigenvalue weighted by molar-refractivity contribution is 5.74. The quantitative estimate of drug-likeness (QED) is 0.542. The van der Waals surface area contributed by atoms with Crippen molar-refractivity contribution in [2.75, 3.05) is 6.61 Å². The van der Waals surface area contributed by atoms with Crippen molar-refractivity contribution in [1.82, 2.24) is 0 Å². The summed E-state index contributed by atoms with van der Waals surface area (Å²) in [5, 5.41) is 0. The minimum atomic E-state index is 0.534. The zero-order chi connectivity index (χ0) is 11.1. The Morgan fingerprint density at radius 1 is 1.40 bits per heavy atom. The van der Waals surface area contributed by atoms with Crippen molar-refractivity contribution in [3.8, 4) is 5.75 Å². The lowest BCUT2D eigenvalue weighted by atomic mass is 10.2. The van der Waals surface area contributed by atoms with Gasteiger partial charge >= 0.3 is 0 Å². The molecule has 0 atom stereocenters. The summed E-state index contributed by atoms with van der Waals surface area (Å²) in [5.74, 6) is 0.761. The monoisotopic (exact) mass is 202 g/mol. The minimum absolute atomic E-state index is 0.534. The summed E-state index contributed by atoms with van der Waals surface area (Å²) < 4.78 is 5.49. The topological polar surface area (TPSA) is 26.3 Å². The fourth-order valence-corrected chi connectivity index (χ4v) is 1.09. The first-order valence-corrected chi connectivity index (χ1v) is 4.72. The fourth-order valence-electron chi connectivity index (χ4n) is 1.09. The number of ether oxygens (including phenoxy) is 1. The van der Waals surface area contributed by atoms with Gasteiger partial charge in [0.15, 0.2) is 0 Å². The Morgan fingerprint density at radius 2 is 2.07 bits per heavy atom. The van der Waals surface area contributed by atoms with Crippen molar-refractivity contribution in [3.05, 3.63) is 54.1 Å². The maximum absolute atomic E-state index is 10.4. The largest absolute Gasteiger partial charge is 0.489 e. The standard InChI is InChI=1S/C13H14O2/c1-3-4-11(2)10-15-13-7-5-12(9-14)6-8-13/h3-9H,1,10H2,2H3. The maximum atomic E-state index is 10.4. The van der Waals surface area contributed by atoms with Gasteiger partial charge in [0, 0.05) is 5.56 Å². The Labute approximate surface area is 89.9 Å². The van der Waals surface area contributed by atoms with Crippen molar-refractivity contribution in [3.63, 3.8) is 0 Å². The second-order valence-electron chi connectivity index (χ2n) is 3.22. The molecule has 0 saturated heterocycles. The molecule has 0 amide bonds. The van der Waals surface area contributed by atoms with E-state index in [9.17, 15) is 4.79 Å². The molecule has 0 radical (unpaired) electrons. The molecule has 0 N–H and O–H groups in total. The van der Waals surface area contributed by atoms with E-state index in [0.29, 0.717) is 12.2 Å². The van der Waals surface area contributed by atoms with E-state index < -0.39 is 0 Å². The van der Waals surface area contributed by atoms with Crippen LogP contribution in [0, 0.1) is 0 Å². The van der Waals surface area contributed by atoms with Gasteiger partial charge in [-0.3, -0.25) is 4.79 Å². The van der Waals surface area contributed by atoms with Gasteiger partial charge < -0.3 is 4.74 Å². The summed E-state index contributed by atoms with van der Waals surface area (Å²) in [4.78, 5) is 10.4. The summed E-state index contributed by atoms with van der Waals surface area (Å²) in [6, 6.07) is 7.03. The lowest BCUT2D eigenvalue weighted by Crippen LogP contribution is -1.98. The molecule has 0 aromatic heterocycles.